The van der Waals surface area contributed by atoms with E-state index in [9.17, 15) is 0 Å². The Morgan fingerprint density at radius 1 is 1.45 bits per heavy atom. The summed E-state index contributed by atoms with van der Waals surface area (Å²) >= 11 is 0. The van der Waals surface area contributed by atoms with Crippen LogP contribution < -0.4 is 5.73 Å². The number of hydrogen-bond acceptors (Lipinski definition) is 1. The molecule has 0 aliphatic heterocycles. The van der Waals surface area contributed by atoms with Gasteiger partial charge in [0.1, 0.15) is 0 Å². The molecule has 66 valence electrons. The Bertz CT molecular complexity index is 160. The van der Waals surface area contributed by atoms with Crippen molar-refractivity contribution in [2.45, 2.75) is 46.6 Å². The minimum atomic E-state index is 0.0932. The first-order chi connectivity index (χ1) is 4.91. The number of hydrogen-bond donors (Lipinski definition) is 1. The van der Waals surface area contributed by atoms with Crippen molar-refractivity contribution in [3.05, 3.63) is 0 Å². The van der Waals surface area contributed by atoms with Gasteiger partial charge in [-0.25, -0.2) is 0 Å². The van der Waals surface area contributed by atoms with Crippen molar-refractivity contribution in [1.82, 2.24) is 0 Å². The van der Waals surface area contributed by atoms with Crippen LogP contribution in [0.1, 0.15) is 41.0 Å². The molecule has 0 spiro atoms. The molecule has 0 aromatic carbocycles. The second kappa shape index (κ2) is 2.22. The summed E-state index contributed by atoms with van der Waals surface area (Å²) in [6, 6.07) is 0. The van der Waals surface area contributed by atoms with Crippen molar-refractivity contribution >= 4 is 0 Å². The normalized spacial score (nSPS) is 49.9. The zero-order valence-corrected chi connectivity index (χ0v) is 8.44. The highest BCUT2D eigenvalue weighted by Gasteiger charge is 2.69. The molecule has 1 fully saturated rings. The zero-order chi connectivity index (χ0) is 8.86. The molecule has 0 aromatic rings. The summed E-state index contributed by atoms with van der Waals surface area (Å²) in [7, 11) is 0. The molecule has 0 amide bonds. The van der Waals surface area contributed by atoms with Crippen molar-refractivity contribution in [1.29, 1.82) is 0 Å². The van der Waals surface area contributed by atoms with Gasteiger partial charge in [0.15, 0.2) is 0 Å². The molecule has 11 heavy (non-hydrogen) atoms. The lowest BCUT2D eigenvalue weighted by molar-refractivity contribution is 0.287. The second-order valence-corrected chi connectivity index (χ2v) is 4.55. The third kappa shape index (κ3) is 0.807. The van der Waals surface area contributed by atoms with Gasteiger partial charge in [-0.2, -0.15) is 0 Å². The Balaban J connectivity index is 2.84. The van der Waals surface area contributed by atoms with Crippen LogP contribution in [0.15, 0.2) is 0 Å². The van der Waals surface area contributed by atoms with E-state index in [4.69, 9.17) is 5.73 Å². The fourth-order valence-corrected chi connectivity index (χ4v) is 3.21. The largest absolute Gasteiger partial charge is 0.325 e. The van der Waals surface area contributed by atoms with E-state index in [1.165, 1.54) is 6.42 Å². The van der Waals surface area contributed by atoms with Gasteiger partial charge in [0.25, 0.3) is 0 Å². The quantitative estimate of drug-likeness (QED) is 0.651. The van der Waals surface area contributed by atoms with Crippen LogP contribution in [0.3, 0.4) is 0 Å². The number of nitrogens with two attached hydrogens (primary N) is 1. The van der Waals surface area contributed by atoms with Crippen LogP contribution in [0.4, 0.5) is 0 Å². The van der Waals surface area contributed by atoms with Gasteiger partial charge in [0.2, 0.25) is 0 Å². The predicted octanol–water partition coefficient (Wildman–Crippen LogP) is 2.41. The molecule has 2 unspecified atom stereocenters. The monoisotopic (exact) mass is 155 g/mol. The molecule has 0 aromatic heterocycles. The average molecular weight is 155 g/mol. The summed E-state index contributed by atoms with van der Waals surface area (Å²) in [5, 5.41) is 0. The molecule has 0 saturated heterocycles. The highest BCUT2D eigenvalue weighted by atomic mass is 14.9. The molecule has 1 aliphatic rings. The van der Waals surface area contributed by atoms with E-state index in [1.807, 2.05) is 0 Å². The molecular formula is C10H21N. The lowest BCUT2D eigenvalue weighted by atomic mass is 9.84. The van der Waals surface area contributed by atoms with Gasteiger partial charge in [-0.1, -0.05) is 27.7 Å². The lowest BCUT2D eigenvalue weighted by Gasteiger charge is -2.22. The van der Waals surface area contributed by atoms with Gasteiger partial charge in [0.05, 0.1) is 0 Å². The summed E-state index contributed by atoms with van der Waals surface area (Å²) < 4.78 is 0. The molecular weight excluding hydrogens is 134 g/mol. The molecule has 0 bridgehead atoms. The fourth-order valence-electron chi connectivity index (χ4n) is 3.21. The Labute approximate surface area is 70.4 Å². The van der Waals surface area contributed by atoms with Crippen LogP contribution in [0.2, 0.25) is 0 Å². The summed E-state index contributed by atoms with van der Waals surface area (Å²) in [6.45, 7) is 11.3. The molecule has 1 rings (SSSR count). The third-order valence-corrected chi connectivity index (χ3v) is 4.21. The number of rotatable bonds is 2. The van der Waals surface area contributed by atoms with Crippen molar-refractivity contribution in [2.24, 2.45) is 23.0 Å². The average Bonchev–Trinajstić information content (AvgIpc) is 2.30. The Morgan fingerprint density at radius 3 is 1.82 bits per heavy atom. The first-order valence-corrected chi connectivity index (χ1v) is 4.70. The van der Waals surface area contributed by atoms with Crippen LogP contribution >= 0.6 is 0 Å². The standard InChI is InChI=1S/C10H21N/c1-6-10(7(2)3)8(4)9(10,5)11/h7-8H,6,11H2,1-5H3/t8?,9-,10?/m1/s1. The van der Waals surface area contributed by atoms with E-state index in [1.54, 1.807) is 0 Å². The van der Waals surface area contributed by atoms with Crippen LogP contribution in [0.5, 0.6) is 0 Å². The second-order valence-electron chi connectivity index (χ2n) is 4.55. The topological polar surface area (TPSA) is 26.0 Å². The molecule has 0 radical (unpaired) electrons. The van der Waals surface area contributed by atoms with Crippen molar-refractivity contribution in [3.8, 4) is 0 Å². The van der Waals surface area contributed by atoms with Gasteiger partial charge < -0.3 is 5.73 Å². The highest BCUT2D eigenvalue weighted by Crippen LogP contribution is 2.66. The molecule has 0 heterocycles. The Kier molecular flexibility index (Phi) is 1.83. The van der Waals surface area contributed by atoms with E-state index in [-0.39, 0.29) is 5.54 Å². The van der Waals surface area contributed by atoms with E-state index < -0.39 is 0 Å². The van der Waals surface area contributed by atoms with E-state index in [0.717, 1.165) is 5.92 Å². The van der Waals surface area contributed by atoms with Crippen molar-refractivity contribution in [2.75, 3.05) is 0 Å². The van der Waals surface area contributed by atoms with Gasteiger partial charge in [-0.3, -0.25) is 0 Å². The van der Waals surface area contributed by atoms with Crippen LogP contribution in [-0.4, -0.2) is 5.54 Å². The first kappa shape index (κ1) is 9.05. The molecule has 1 heteroatoms. The van der Waals surface area contributed by atoms with E-state index in [2.05, 4.69) is 34.6 Å². The summed E-state index contributed by atoms with van der Waals surface area (Å²) in [5.41, 5.74) is 6.72. The molecule has 1 aliphatic carbocycles. The van der Waals surface area contributed by atoms with Crippen LogP contribution in [0, 0.1) is 17.3 Å². The Hall–Kier alpha value is -0.0400. The van der Waals surface area contributed by atoms with Gasteiger partial charge in [-0.05, 0) is 30.6 Å². The fraction of sp³-hybridized carbons (Fsp3) is 1.00. The maximum absolute atomic E-state index is 6.20. The predicted molar refractivity (Wildman–Crippen MR) is 49.3 cm³/mol. The lowest BCUT2D eigenvalue weighted by Crippen LogP contribution is -2.30. The molecule has 1 nitrogen and oxygen atoms in total. The third-order valence-electron chi connectivity index (χ3n) is 4.21. The smallest absolute Gasteiger partial charge is 0.0220 e. The molecule has 3 atom stereocenters. The van der Waals surface area contributed by atoms with E-state index in [0.29, 0.717) is 11.3 Å². The minimum absolute atomic E-state index is 0.0932. The zero-order valence-electron chi connectivity index (χ0n) is 8.44. The maximum Gasteiger partial charge on any atom is 0.0220 e. The molecule has 2 N–H and O–H groups in total. The summed E-state index contributed by atoms with van der Waals surface area (Å²) in [5.74, 6) is 1.41. The van der Waals surface area contributed by atoms with Gasteiger partial charge in [0, 0.05) is 5.54 Å². The highest BCUT2D eigenvalue weighted by molar-refractivity contribution is 5.22. The summed E-state index contributed by atoms with van der Waals surface area (Å²) in [4.78, 5) is 0. The van der Waals surface area contributed by atoms with Crippen LogP contribution in [0.25, 0.3) is 0 Å². The van der Waals surface area contributed by atoms with Crippen LogP contribution in [-0.2, 0) is 0 Å². The summed E-state index contributed by atoms with van der Waals surface area (Å²) in [6.07, 6.45) is 1.22. The van der Waals surface area contributed by atoms with Gasteiger partial charge in [-0.15, -0.1) is 0 Å². The van der Waals surface area contributed by atoms with Crippen molar-refractivity contribution < 1.29 is 0 Å². The van der Waals surface area contributed by atoms with Gasteiger partial charge >= 0.3 is 0 Å². The maximum atomic E-state index is 6.20. The first-order valence-electron chi connectivity index (χ1n) is 4.70. The molecule has 1 saturated carbocycles. The van der Waals surface area contributed by atoms with E-state index >= 15 is 0 Å². The Morgan fingerprint density at radius 2 is 1.82 bits per heavy atom. The minimum Gasteiger partial charge on any atom is -0.325 e. The SMILES string of the molecule is CCC1(C(C)C)C(C)[C@@]1(C)N. The van der Waals surface area contributed by atoms with Crippen molar-refractivity contribution in [3.63, 3.8) is 0 Å².